The van der Waals surface area contributed by atoms with Gasteiger partial charge in [0.2, 0.25) is 0 Å². The van der Waals surface area contributed by atoms with Crippen LogP contribution in [0.2, 0.25) is 0 Å². The topological polar surface area (TPSA) is 37.8 Å². The van der Waals surface area contributed by atoms with Gasteiger partial charge in [-0.3, -0.25) is 9.97 Å². The molecule has 3 aromatic rings. The third-order valence-corrected chi connectivity index (χ3v) is 4.83. The molecule has 1 unspecified atom stereocenters. The number of aromatic nitrogens is 2. The van der Waals surface area contributed by atoms with Gasteiger partial charge in [0.15, 0.2) is 0 Å². The molecule has 2 aromatic heterocycles. The Hall–Kier alpha value is -1.78. The van der Waals surface area contributed by atoms with Crippen LogP contribution >= 0.6 is 11.3 Å². The SMILES string of the molecule is CCNC(CC)c1ccc(-c2ccc3nccnc3c2)s1. The second-order valence-electron chi connectivity index (χ2n) is 4.98. The average molecular weight is 297 g/mol. The molecule has 3 nitrogen and oxygen atoms in total. The minimum absolute atomic E-state index is 0.453. The summed E-state index contributed by atoms with van der Waals surface area (Å²) in [5.74, 6) is 0. The lowest BCUT2D eigenvalue weighted by molar-refractivity contribution is 0.545. The first-order chi connectivity index (χ1) is 10.3. The molecule has 0 aliphatic rings. The molecule has 1 atom stereocenters. The fourth-order valence-electron chi connectivity index (χ4n) is 2.50. The van der Waals surface area contributed by atoms with Gasteiger partial charge in [-0.2, -0.15) is 0 Å². The molecule has 0 saturated heterocycles. The van der Waals surface area contributed by atoms with Gasteiger partial charge < -0.3 is 5.32 Å². The summed E-state index contributed by atoms with van der Waals surface area (Å²) in [7, 11) is 0. The fraction of sp³-hybridized carbons (Fsp3) is 0.294. The fourth-order valence-corrected chi connectivity index (χ4v) is 3.67. The molecule has 108 valence electrons. The number of nitrogens with zero attached hydrogens (tertiary/aromatic N) is 2. The minimum Gasteiger partial charge on any atom is -0.310 e. The Labute approximate surface area is 129 Å². The smallest absolute Gasteiger partial charge is 0.0893 e. The largest absolute Gasteiger partial charge is 0.310 e. The summed E-state index contributed by atoms with van der Waals surface area (Å²) in [6.45, 7) is 5.37. The van der Waals surface area contributed by atoms with Crippen molar-refractivity contribution in [1.29, 1.82) is 0 Å². The Kier molecular flexibility index (Phi) is 4.27. The molecule has 21 heavy (non-hydrogen) atoms. The summed E-state index contributed by atoms with van der Waals surface area (Å²) in [5.41, 5.74) is 3.10. The molecule has 4 heteroatoms. The van der Waals surface area contributed by atoms with Gasteiger partial charge in [0, 0.05) is 28.2 Å². The van der Waals surface area contributed by atoms with Crippen molar-refractivity contribution in [3.63, 3.8) is 0 Å². The Morgan fingerprint density at radius 1 is 1.05 bits per heavy atom. The summed E-state index contributed by atoms with van der Waals surface area (Å²) < 4.78 is 0. The van der Waals surface area contributed by atoms with E-state index in [-0.39, 0.29) is 0 Å². The third kappa shape index (κ3) is 2.96. The molecule has 0 bridgehead atoms. The van der Waals surface area contributed by atoms with Crippen LogP contribution in [0.3, 0.4) is 0 Å². The maximum absolute atomic E-state index is 4.38. The van der Waals surface area contributed by atoms with E-state index in [0.717, 1.165) is 24.0 Å². The van der Waals surface area contributed by atoms with Gasteiger partial charge in [-0.1, -0.05) is 19.9 Å². The summed E-state index contributed by atoms with van der Waals surface area (Å²) in [4.78, 5) is 11.4. The highest BCUT2D eigenvalue weighted by Crippen LogP contribution is 2.33. The van der Waals surface area contributed by atoms with Crippen LogP contribution in [-0.4, -0.2) is 16.5 Å². The number of nitrogens with one attached hydrogen (secondary N) is 1. The number of benzene rings is 1. The molecule has 1 aromatic carbocycles. The van der Waals surface area contributed by atoms with Crippen molar-refractivity contribution >= 4 is 22.4 Å². The lowest BCUT2D eigenvalue weighted by Gasteiger charge is -2.13. The van der Waals surface area contributed by atoms with Crippen LogP contribution in [0.4, 0.5) is 0 Å². The maximum atomic E-state index is 4.38. The normalized spacial score (nSPS) is 12.7. The van der Waals surface area contributed by atoms with Crippen LogP contribution in [-0.2, 0) is 0 Å². The van der Waals surface area contributed by atoms with E-state index >= 15 is 0 Å². The second kappa shape index (κ2) is 6.33. The quantitative estimate of drug-likeness (QED) is 0.757. The van der Waals surface area contributed by atoms with Gasteiger partial charge in [-0.25, -0.2) is 0 Å². The van der Waals surface area contributed by atoms with E-state index in [9.17, 15) is 0 Å². The first-order valence-electron chi connectivity index (χ1n) is 7.36. The van der Waals surface area contributed by atoms with E-state index in [1.54, 1.807) is 12.4 Å². The van der Waals surface area contributed by atoms with Crippen LogP contribution in [0.15, 0.2) is 42.7 Å². The van der Waals surface area contributed by atoms with E-state index in [0.29, 0.717) is 6.04 Å². The standard InChI is InChI=1S/C17H19N3S/c1-3-13(18-4-2)17-8-7-16(21-17)12-5-6-14-15(11-12)20-10-9-19-14/h5-11,13,18H,3-4H2,1-2H3. The van der Waals surface area contributed by atoms with Crippen molar-refractivity contribution in [3.8, 4) is 10.4 Å². The van der Waals surface area contributed by atoms with E-state index in [1.807, 2.05) is 17.4 Å². The lowest BCUT2D eigenvalue weighted by Crippen LogP contribution is -2.18. The number of hydrogen-bond donors (Lipinski definition) is 1. The molecule has 0 aliphatic carbocycles. The molecule has 0 saturated carbocycles. The van der Waals surface area contributed by atoms with Gasteiger partial charge in [-0.05, 0) is 42.8 Å². The Morgan fingerprint density at radius 3 is 2.62 bits per heavy atom. The van der Waals surface area contributed by atoms with Crippen LogP contribution in [0.25, 0.3) is 21.5 Å². The van der Waals surface area contributed by atoms with Gasteiger partial charge in [0.25, 0.3) is 0 Å². The first-order valence-corrected chi connectivity index (χ1v) is 8.17. The highest BCUT2D eigenvalue weighted by Gasteiger charge is 2.11. The van der Waals surface area contributed by atoms with E-state index in [2.05, 4.69) is 53.4 Å². The predicted octanol–water partition coefficient (Wildman–Crippen LogP) is 4.42. The van der Waals surface area contributed by atoms with Gasteiger partial charge >= 0.3 is 0 Å². The van der Waals surface area contributed by atoms with Crippen molar-refractivity contribution in [2.45, 2.75) is 26.3 Å². The number of hydrogen-bond acceptors (Lipinski definition) is 4. The van der Waals surface area contributed by atoms with E-state index in [4.69, 9.17) is 0 Å². The third-order valence-electron chi connectivity index (χ3n) is 3.58. The van der Waals surface area contributed by atoms with Crippen LogP contribution in [0.5, 0.6) is 0 Å². The Morgan fingerprint density at radius 2 is 1.86 bits per heavy atom. The Balaban J connectivity index is 1.93. The summed E-state index contributed by atoms with van der Waals surface area (Å²) in [6, 6.07) is 11.2. The maximum Gasteiger partial charge on any atom is 0.0893 e. The van der Waals surface area contributed by atoms with Crippen molar-refractivity contribution < 1.29 is 0 Å². The predicted molar refractivity (Wildman–Crippen MR) is 89.6 cm³/mol. The van der Waals surface area contributed by atoms with Gasteiger partial charge in [0.1, 0.15) is 0 Å². The van der Waals surface area contributed by atoms with Crippen molar-refractivity contribution in [3.05, 3.63) is 47.6 Å². The van der Waals surface area contributed by atoms with E-state index in [1.165, 1.54) is 15.3 Å². The van der Waals surface area contributed by atoms with Gasteiger partial charge in [-0.15, -0.1) is 11.3 Å². The number of rotatable bonds is 5. The highest BCUT2D eigenvalue weighted by atomic mass is 32.1. The summed E-state index contributed by atoms with van der Waals surface area (Å²) in [5, 5.41) is 3.53. The molecule has 0 amide bonds. The van der Waals surface area contributed by atoms with Gasteiger partial charge in [0.05, 0.1) is 11.0 Å². The zero-order valence-electron chi connectivity index (χ0n) is 12.3. The Bertz CT molecular complexity index is 735. The zero-order valence-corrected chi connectivity index (χ0v) is 13.2. The number of fused-ring (bicyclic) bond motifs is 1. The summed E-state index contributed by atoms with van der Waals surface area (Å²) >= 11 is 1.86. The molecule has 0 spiro atoms. The molecule has 0 fully saturated rings. The van der Waals surface area contributed by atoms with Crippen LogP contribution in [0, 0.1) is 0 Å². The van der Waals surface area contributed by atoms with Crippen LogP contribution < -0.4 is 5.32 Å². The summed E-state index contributed by atoms with van der Waals surface area (Å²) in [6.07, 6.45) is 4.58. The molecule has 0 radical (unpaired) electrons. The number of thiophene rings is 1. The molecule has 0 aliphatic heterocycles. The van der Waals surface area contributed by atoms with Crippen molar-refractivity contribution in [2.75, 3.05) is 6.54 Å². The average Bonchev–Trinajstić information content (AvgIpc) is 3.02. The van der Waals surface area contributed by atoms with Crippen LogP contribution in [0.1, 0.15) is 31.2 Å². The van der Waals surface area contributed by atoms with E-state index < -0.39 is 0 Å². The second-order valence-corrected chi connectivity index (χ2v) is 6.10. The highest BCUT2D eigenvalue weighted by molar-refractivity contribution is 7.15. The lowest BCUT2D eigenvalue weighted by atomic mass is 10.1. The van der Waals surface area contributed by atoms with Crippen molar-refractivity contribution in [1.82, 2.24) is 15.3 Å². The monoisotopic (exact) mass is 297 g/mol. The molecule has 3 rings (SSSR count). The molecular formula is C17H19N3S. The molecule has 1 N–H and O–H groups in total. The first kappa shape index (κ1) is 14.2. The minimum atomic E-state index is 0.453. The molecule has 2 heterocycles. The zero-order chi connectivity index (χ0) is 14.7. The molecular weight excluding hydrogens is 278 g/mol. The van der Waals surface area contributed by atoms with Crippen molar-refractivity contribution in [2.24, 2.45) is 0 Å².